The van der Waals surface area contributed by atoms with Gasteiger partial charge in [-0.2, -0.15) is 0 Å². The molecule has 0 aromatic carbocycles. The van der Waals surface area contributed by atoms with Crippen LogP contribution in [0.25, 0.3) is 0 Å². The number of rotatable bonds is 4. The average Bonchev–Trinajstić information content (AvgIpc) is 2.20. The van der Waals surface area contributed by atoms with Crippen LogP contribution in [0.4, 0.5) is 5.82 Å². The summed E-state index contributed by atoms with van der Waals surface area (Å²) in [7, 11) is 0. The number of aryl methyl sites for hydroxylation is 1. The zero-order chi connectivity index (χ0) is 11.4. The van der Waals surface area contributed by atoms with Gasteiger partial charge >= 0.3 is 0 Å². The molecule has 0 bridgehead atoms. The van der Waals surface area contributed by atoms with Crippen molar-refractivity contribution in [2.75, 3.05) is 10.6 Å². The average molecular weight is 336 g/mol. The Morgan fingerprint density at radius 3 is 2.67 bits per heavy atom. The van der Waals surface area contributed by atoms with Crippen LogP contribution in [0.2, 0.25) is 0 Å². The molecule has 0 aliphatic rings. The number of alkyl halides is 1. The molecule has 4 heteroatoms. The Bertz CT molecular complexity index is 328. The van der Waals surface area contributed by atoms with Gasteiger partial charge in [-0.1, -0.05) is 22.9 Å². The lowest BCUT2D eigenvalue weighted by Gasteiger charge is -2.20. The molecule has 2 unspecified atom stereocenters. The van der Waals surface area contributed by atoms with E-state index in [1.807, 2.05) is 6.20 Å². The van der Waals surface area contributed by atoms with E-state index in [0.29, 0.717) is 12.0 Å². The fourth-order valence-corrected chi connectivity index (χ4v) is 2.19. The van der Waals surface area contributed by atoms with E-state index in [1.54, 1.807) is 0 Å². The van der Waals surface area contributed by atoms with E-state index < -0.39 is 0 Å². The molecule has 1 N–H and O–H groups in total. The van der Waals surface area contributed by atoms with Crippen LogP contribution in [0.1, 0.15) is 19.4 Å². The van der Waals surface area contributed by atoms with Crippen molar-refractivity contribution in [2.24, 2.45) is 5.92 Å². The molecule has 1 rings (SSSR count). The zero-order valence-electron chi connectivity index (χ0n) is 9.22. The maximum atomic E-state index is 4.36. The van der Waals surface area contributed by atoms with Crippen molar-refractivity contribution >= 4 is 37.7 Å². The maximum Gasteiger partial charge on any atom is 0.129 e. The van der Waals surface area contributed by atoms with Gasteiger partial charge in [-0.15, -0.1) is 0 Å². The molecule has 0 aliphatic carbocycles. The van der Waals surface area contributed by atoms with Crippen LogP contribution < -0.4 is 5.32 Å². The van der Waals surface area contributed by atoms with E-state index in [-0.39, 0.29) is 0 Å². The predicted octanol–water partition coefficient (Wildman–Crippen LogP) is 3.98. The molecule has 0 saturated heterocycles. The minimum absolute atomic E-state index is 0.414. The SMILES string of the molecule is Cc1cc(Br)cnc1NC(C)C(C)CBr. The van der Waals surface area contributed by atoms with Crippen LogP contribution in [0.15, 0.2) is 16.7 Å². The monoisotopic (exact) mass is 334 g/mol. The Kier molecular flexibility index (Phi) is 5.06. The minimum atomic E-state index is 0.414. The highest BCUT2D eigenvalue weighted by molar-refractivity contribution is 9.10. The van der Waals surface area contributed by atoms with Crippen LogP contribution in [0.5, 0.6) is 0 Å². The van der Waals surface area contributed by atoms with Gasteiger partial charge in [0.2, 0.25) is 0 Å². The molecule has 0 fully saturated rings. The van der Waals surface area contributed by atoms with Gasteiger partial charge in [0.25, 0.3) is 0 Å². The molecule has 0 saturated carbocycles. The number of hydrogen-bond donors (Lipinski definition) is 1. The van der Waals surface area contributed by atoms with Crippen molar-refractivity contribution in [3.63, 3.8) is 0 Å². The second kappa shape index (κ2) is 5.85. The highest BCUT2D eigenvalue weighted by Gasteiger charge is 2.12. The number of nitrogens with one attached hydrogen (secondary N) is 1. The van der Waals surface area contributed by atoms with Gasteiger partial charge in [0, 0.05) is 22.0 Å². The summed E-state index contributed by atoms with van der Waals surface area (Å²) in [6.45, 7) is 6.45. The first-order valence-corrected chi connectivity index (χ1v) is 6.90. The molecule has 1 aromatic rings. The number of aromatic nitrogens is 1. The van der Waals surface area contributed by atoms with Gasteiger partial charge in [0.05, 0.1) is 0 Å². The lowest BCUT2D eigenvalue weighted by Crippen LogP contribution is -2.25. The Hall–Kier alpha value is -0.0900. The van der Waals surface area contributed by atoms with Crippen molar-refractivity contribution in [2.45, 2.75) is 26.8 Å². The summed E-state index contributed by atoms with van der Waals surface area (Å²) < 4.78 is 1.02. The summed E-state index contributed by atoms with van der Waals surface area (Å²) in [5.74, 6) is 1.55. The number of halogens is 2. The Labute approximate surface area is 108 Å². The molecule has 0 spiro atoms. The summed E-state index contributed by atoms with van der Waals surface area (Å²) >= 11 is 6.90. The van der Waals surface area contributed by atoms with Crippen molar-refractivity contribution in [1.82, 2.24) is 4.98 Å². The number of anilines is 1. The normalized spacial score (nSPS) is 14.7. The minimum Gasteiger partial charge on any atom is -0.367 e. The molecule has 15 heavy (non-hydrogen) atoms. The third-order valence-electron chi connectivity index (χ3n) is 2.51. The summed E-state index contributed by atoms with van der Waals surface area (Å²) in [5.41, 5.74) is 1.16. The molecule has 0 radical (unpaired) electrons. The van der Waals surface area contributed by atoms with E-state index in [4.69, 9.17) is 0 Å². The van der Waals surface area contributed by atoms with Gasteiger partial charge in [-0.05, 0) is 47.3 Å². The molecule has 1 heterocycles. The number of hydrogen-bond acceptors (Lipinski definition) is 2. The van der Waals surface area contributed by atoms with E-state index in [1.165, 1.54) is 0 Å². The largest absolute Gasteiger partial charge is 0.367 e. The Balaban J connectivity index is 2.72. The first kappa shape index (κ1) is 13.0. The second-order valence-corrected chi connectivity index (χ2v) is 5.45. The molecule has 2 nitrogen and oxygen atoms in total. The summed E-state index contributed by atoms with van der Waals surface area (Å²) in [5, 5.41) is 4.42. The van der Waals surface area contributed by atoms with E-state index in [0.717, 1.165) is 21.2 Å². The first-order valence-electron chi connectivity index (χ1n) is 4.99. The molecule has 1 aromatic heterocycles. The summed E-state index contributed by atoms with van der Waals surface area (Å²) in [4.78, 5) is 4.36. The summed E-state index contributed by atoms with van der Waals surface area (Å²) in [6, 6.07) is 2.48. The molecular weight excluding hydrogens is 320 g/mol. The highest BCUT2D eigenvalue weighted by atomic mass is 79.9. The Morgan fingerprint density at radius 2 is 2.13 bits per heavy atom. The van der Waals surface area contributed by atoms with E-state index >= 15 is 0 Å². The first-order chi connectivity index (χ1) is 7.04. The maximum absolute atomic E-state index is 4.36. The van der Waals surface area contributed by atoms with Crippen LogP contribution in [0.3, 0.4) is 0 Å². The third-order valence-corrected chi connectivity index (χ3v) is 3.96. The van der Waals surface area contributed by atoms with Crippen molar-refractivity contribution in [1.29, 1.82) is 0 Å². The standard InChI is InChI=1S/C11H16Br2N2/c1-7-4-10(13)6-14-11(7)15-9(3)8(2)5-12/h4,6,8-9H,5H2,1-3H3,(H,14,15). The number of pyridine rings is 1. The Morgan fingerprint density at radius 1 is 1.47 bits per heavy atom. The molecule has 0 amide bonds. The summed E-state index contributed by atoms with van der Waals surface area (Å²) in [6.07, 6.45) is 1.82. The van der Waals surface area contributed by atoms with Gasteiger partial charge in [0.15, 0.2) is 0 Å². The molecule has 0 aliphatic heterocycles. The van der Waals surface area contributed by atoms with Gasteiger partial charge in [-0.3, -0.25) is 0 Å². The van der Waals surface area contributed by atoms with Crippen LogP contribution in [0, 0.1) is 12.8 Å². The van der Waals surface area contributed by atoms with Crippen molar-refractivity contribution in [3.8, 4) is 0 Å². The van der Waals surface area contributed by atoms with Crippen LogP contribution >= 0.6 is 31.9 Å². The van der Waals surface area contributed by atoms with Crippen LogP contribution in [-0.4, -0.2) is 16.4 Å². The van der Waals surface area contributed by atoms with E-state index in [9.17, 15) is 0 Å². The topological polar surface area (TPSA) is 24.9 Å². The second-order valence-electron chi connectivity index (χ2n) is 3.88. The lowest BCUT2D eigenvalue weighted by atomic mass is 10.1. The van der Waals surface area contributed by atoms with E-state index in [2.05, 4.69) is 69.0 Å². The smallest absolute Gasteiger partial charge is 0.129 e. The molecule has 84 valence electrons. The molecule has 2 atom stereocenters. The lowest BCUT2D eigenvalue weighted by molar-refractivity contribution is 0.570. The van der Waals surface area contributed by atoms with Crippen molar-refractivity contribution in [3.05, 3.63) is 22.3 Å². The quantitative estimate of drug-likeness (QED) is 0.842. The fraction of sp³-hybridized carbons (Fsp3) is 0.545. The van der Waals surface area contributed by atoms with Crippen LogP contribution in [-0.2, 0) is 0 Å². The highest BCUT2D eigenvalue weighted by Crippen LogP contribution is 2.19. The number of nitrogens with zero attached hydrogens (tertiary/aromatic N) is 1. The van der Waals surface area contributed by atoms with Gasteiger partial charge in [-0.25, -0.2) is 4.98 Å². The fourth-order valence-electron chi connectivity index (χ4n) is 1.18. The zero-order valence-corrected chi connectivity index (χ0v) is 12.4. The van der Waals surface area contributed by atoms with Crippen molar-refractivity contribution < 1.29 is 0 Å². The predicted molar refractivity (Wildman–Crippen MR) is 72.7 cm³/mol. The van der Waals surface area contributed by atoms with Gasteiger partial charge in [0.1, 0.15) is 5.82 Å². The van der Waals surface area contributed by atoms with Gasteiger partial charge < -0.3 is 5.32 Å². The molecular formula is C11H16Br2N2. The third kappa shape index (κ3) is 3.76.